The smallest absolute Gasteiger partial charge is 0.251 e. The Kier molecular flexibility index (Phi) is 5.26. The molecule has 0 bridgehead atoms. The maximum atomic E-state index is 12.5. The molecule has 0 radical (unpaired) electrons. The maximum absolute atomic E-state index is 12.5. The number of hydrogen-bond donors (Lipinski definition) is 1. The fourth-order valence-corrected chi connectivity index (χ4v) is 4.00. The number of furan rings is 1. The molecule has 1 aliphatic rings. The molecule has 1 atom stereocenters. The predicted octanol–water partition coefficient (Wildman–Crippen LogP) is 4.35. The number of benzene rings is 2. The van der Waals surface area contributed by atoms with Gasteiger partial charge in [0.25, 0.3) is 5.91 Å². The number of nitrogens with zero attached hydrogens (tertiary/aromatic N) is 1. The second-order valence-corrected chi connectivity index (χ2v) is 7.42. The van der Waals surface area contributed by atoms with Crippen LogP contribution >= 0.6 is 0 Å². The van der Waals surface area contributed by atoms with Crippen LogP contribution in [0.4, 0.5) is 0 Å². The van der Waals surface area contributed by atoms with E-state index in [0.717, 1.165) is 36.4 Å². The zero-order valence-electron chi connectivity index (χ0n) is 15.8. The minimum absolute atomic E-state index is 0.0210. The molecule has 1 N–H and O–H groups in total. The Balaban J connectivity index is 1.30. The average Bonchev–Trinajstić information content (AvgIpc) is 3.08. The summed E-state index contributed by atoms with van der Waals surface area (Å²) in [7, 11) is 0. The Morgan fingerprint density at radius 1 is 1.19 bits per heavy atom. The van der Waals surface area contributed by atoms with E-state index in [1.165, 1.54) is 18.4 Å². The van der Waals surface area contributed by atoms with E-state index in [1.54, 1.807) is 0 Å². The third-order valence-corrected chi connectivity index (χ3v) is 5.39. The van der Waals surface area contributed by atoms with Crippen LogP contribution in [-0.4, -0.2) is 37.0 Å². The number of carbonyl (C=O) groups excluding carboxylic acids is 1. The lowest BCUT2D eigenvalue weighted by Gasteiger charge is -2.33. The number of carbonyl (C=O) groups is 1. The van der Waals surface area contributed by atoms with Gasteiger partial charge in [-0.3, -0.25) is 4.79 Å². The lowest BCUT2D eigenvalue weighted by molar-refractivity contribution is 0.0945. The third kappa shape index (κ3) is 4.22. The lowest BCUT2D eigenvalue weighted by Crippen LogP contribution is -2.40. The van der Waals surface area contributed by atoms with Gasteiger partial charge in [-0.25, -0.2) is 0 Å². The van der Waals surface area contributed by atoms with Gasteiger partial charge < -0.3 is 14.6 Å². The molecule has 1 aromatic heterocycles. The SMILES string of the molecule is Cc1cc2cc(C(=O)NCCN3CCC[C@@H](c4ccccc4)C3)ccc2o1. The third-order valence-electron chi connectivity index (χ3n) is 5.39. The zero-order chi connectivity index (χ0) is 18.6. The summed E-state index contributed by atoms with van der Waals surface area (Å²) in [6.45, 7) is 5.66. The molecule has 1 amide bonds. The highest BCUT2D eigenvalue weighted by atomic mass is 16.3. The Morgan fingerprint density at radius 3 is 2.89 bits per heavy atom. The molecular weight excluding hydrogens is 336 g/mol. The zero-order valence-corrected chi connectivity index (χ0v) is 15.8. The summed E-state index contributed by atoms with van der Waals surface area (Å²) in [6.07, 6.45) is 2.46. The summed E-state index contributed by atoms with van der Waals surface area (Å²) in [5.74, 6) is 1.44. The summed E-state index contributed by atoms with van der Waals surface area (Å²) in [4.78, 5) is 14.9. The number of nitrogens with one attached hydrogen (secondary N) is 1. The Morgan fingerprint density at radius 2 is 2.04 bits per heavy atom. The molecule has 0 aliphatic carbocycles. The van der Waals surface area contributed by atoms with Crippen molar-refractivity contribution in [2.24, 2.45) is 0 Å². The molecule has 2 aromatic carbocycles. The molecule has 4 nitrogen and oxygen atoms in total. The van der Waals surface area contributed by atoms with Crippen LogP contribution in [0, 0.1) is 6.92 Å². The first-order chi connectivity index (χ1) is 13.2. The quantitative estimate of drug-likeness (QED) is 0.734. The number of aryl methyl sites for hydroxylation is 1. The highest BCUT2D eigenvalue weighted by Gasteiger charge is 2.21. The highest BCUT2D eigenvalue weighted by molar-refractivity contribution is 5.97. The van der Waals surface area contributed by atoms with E-state index in [1.807, 2.05) is 31.2 Å². The topological polar surface area (TPSA) is 45.5 Å². The molecule has 0 saturated carbocycles. The fourth-order valence-electron chi connectivity index (χ4n) is 4.00. The summed E-state index contributed by atoms with van der Waals surface area (Å²) >= 11 is 0. The van der Waals surface area contributed by atoms with Crippen molar-refractivity contribution in [1.82, 2.24) is 10.2 Å². The second kappa shape index (κ2) is 7.97. The summed E-state index contributed by atoms with van der Waals surface area (Å²) in [5.41, 5.74) is 2.93. The molecule has 140 valence electrons. The van der Waals surface area contributed by atoms with Gasteiger partial charge in [-0.15, -0.1) is 0 Å². The first-order valence-corrected chi connectivity index (χ1v) is 9.75. The number of piperidine rings is 1. The van der Waals surface area contributed by atoms with E-state index in [0.29, 0.717) is 18.0 Å². The monoisotopic (exact) mass is 362 g/mol. The van der Waals surface area contributed by atoms with Gasteiger partial charge in [0.05, 0.1) is 0 Å². The maximum Gasteiger partial charge on any atom is 0.251 e. The Hall–Kier alpha value is -2.59. The van der Waals surface area contributed by atoms with Crippen LogP contribution in [0.5, 0.6) is 0 Å². The summed E-state index contributed by atoms with van der Waals surface area (Å²) in [6, 6.07) is 18.3. The van der Waals surface area contributed by atoms with Crippen LogP contribution in [-0.2, 0) is 0 Å². The predicted molar refractivity (Wildman–Crippen MR) is 108 cm³/mol. The van der Waals surface area contributed by atoms with Gasteiger partial charge in [0, 0.05) is 30.6 Å². The van der Waals surface area contributed by atoms with E-state index < -0.39 is 0 Å². The van der Waals surface area contributed by atoms with E-state index in [2.05, 4.69) is 40.5 Å². The van der Waals surface area contributed by atoms with Gasteiger partial charge >= 0.3 is 0 Å². The normalized spacial score (nSPS) is 17.9. The van der Waals surface area contributed by atoms with Gasteiger partial charge in [-0.05, 0) is 62.1 Å². The molecule has 27 heavy (non-hydrogen) atoms. The van der Waals surface area contributed by atoms with Crippen LogP contribution in [0.3, 0.4) is 0 Å². The molecule has 0 unspecified atom stereocenters. The number of hydrogen-bond acceptors (Lipinski definition) is 3. The average molecular weight is 362 g/mol. The van der Waals surface area contributed by atoms with E-state index in [9.17, 15) is 4.79 Å². The Bertz CT molecular complexity index is 917. The lowest BCUT2D eigenvalue weighted by atomic mass is 9.91. The van der Waals surface area contributed by atoms with Crippen LogP contribution < -0.4 is 5.32 Å². The highest BCUT2D eigenvalue weighted by Crippen LogP contribution is 2.26. The van der Waals surface area contributed by atoms with Crippen LogP contribution in [0.25, 0.3) is 11.0 Å². The van der Waals surface area contributed by atoms with Crippen molar-refractivity contribution in [3.8, 4) is 0 Å². The number of rotatable bonds is 5. The number of likely N-dealkylation sites (tertiary alicyclic amines) is 1. The minimum atomic E-state index is -0.0210. The van der Waals surface area contributed by atoms with Gasteiger partial charge in [0.15, 0.2) is 0 Å². The molecule has 1 saturated heterocycles. The molecule has 4 rings (SSSR count). The molecule has 3 aromatic rings. The van der Waals surface area contributed by atoms with E-state index >= 15 is 0 Å². The van der Waals surface area contributed by atoms with Crippen molar-refractivity contribution >= 4 is 16.9 Å². The first kappa shape index (κ1) is 17.8. The van der Waals surface area contributed by atoms with Crippen molar-refractivity contribution in [2.45, 2.75) is 25.7 Å². The van der Waals surface area contributed by atoms with E-state index in [-0.39, 0.29) is 5.91 Å². The number of fused-ring (bicyclic) bond motifs is 1. The Labute approximate surface area is 160 Å². The summed E-state index contributed by atoms with van der Waals surface area (Å²) in [5, 5.41) is 4.04. The van der Waals surface area contributed by atoms with Gasteiger partial charge in [0.2, 0.25) is 0 Å². The molecule has 1 fully saturated rings. The van der Waals surface area contributed by atoms with Crippen molar-refractivity contribution in [3.05, 3.63) is 71.5 Å². The first-order valence-electron chi connectivity index (χ1n) is 9.75. The summed E-state index contributed by atoms with van der Waals surface area (Å²) < 4.78 is 5.57. The second-order valence-electron chi connectivity index (χ2n) is 7.42. The largest absolute Gasteiger partial charge is 0.461 e. The standard InChI is InChI=1S/C23H26N2O2/c1-17-14-21-15-19(9-10-22(21)27-17)23(26)24-11-13-25-12-5-8-20(16-25)18-6-3-2-4-7-18/h2-4,6-7,9-10,14-15,20H,5,8,11-13,16H2,1H3,(H,24,26)/t20-/m1/s1. The van der Waals surface area contributed by atoms with E-state index in [4.69, 9.17) is 4.42 Å². The van der Waals surface area contributed by atoms with Crippen molar-refractivity contribution in [3.63, 3.8) is 0 Å². The van der Waals surface area contributed by atoms with Crippen LogP contribution in [0.1, 0.15) is 40.4 Å². The molecule has 0 spiro atoms. The molecule has 4 heteroatoms. The van der Waals surface area contributed by atoms with Crippen molar-refractivity contribution in [2.75, 3.05) is 26.2 Å². The van der Waals surface area contributed by atoms with Gasteiger partial charge in [-0.2, -0.15) is 0 Å². The molecule has 1 aliphatic heterocycles. The fraction of sp³-hybridized carbons (Fsp3) is 0.348. The van der Waals surface area contributed by atoms with Gasteiger partial charge in [-0.1, -0.05) is 30.3 Å². The minimum Gasteiger partial charge on any atom is -0.461 e. The number of amides is 1. The van der Waals surface area contributed by atoms with Crippen LogP contribution in [0.15, 0.2) is 59.0 Å². The van der Waals surface area contributed by atoms with Gasteiger partial charge in [0.1, 0.15) is 11.3 Å². The molecule has 2 heterocycles. The van der Waals surface area contributed by atoms with Crippen molar-refractivity contribution < 1.29 is 9.21 Å². The van der Waals surface area contributed by atoms with Crippen molar-refractivity contribution in [1.29, 1.82) is 0 Å². The molecular formula is C23H26N2O2. The van der Waals surface area contributed by atoms with Crippen LogP contribution in [0.2, 0.25) is 0 Å².